The van der Waals surface area contributed by atoms with Gasteiger partial charge >= 0.3 is 0 Å². The molecule has 1 saturated heterocycles. The summed E-state index contributed by atoms with van der Waals surface area (Å²) >= 11 is 0. The van der Waals surface area contributed by atoms with Crippen LogP contribution >= 0.6 is 0 Å². The Balaban J connectivity index is 2.08. The Kier molecular flexibility index (Phi) is 2.34. The minimum Gasteiger partial charge on any atom is -0.347 e. The molecule has 2 rings (SSSR count). The molecule has 3 heteroatoms. The summed E-state index contributed by atoms with van der Waals surface area (Å²) in [7, 11) is 0. The molecule has 0 N–H and O–H groups in total. The van der Waals surface area contributed by atoms with Crippen molar-refractivity contribution < 1.29 is 9.47 Å². The van der Waals surface area contributed by atoms with Gasteiger partial charge in [0.25, 0.3) is 0 Å². The Morgan fingerprint density at radius 2 is 2.25 bits per heavy atom. The molecule has 0 amide bonds. The SMILES string of the molecule is [c]1cccc(C2OCCCO2)n1. The number of aromatic nitrogens is 1. The van der Waals surface area contributed by atoms with Crippen LogP contribution in [0.25, 0.3) is 0 Å². The Morgan fingerprint density at radius 1 is 1.42 bits per heavy atom. The average molecular weight is 164 g/mol. The van der Waals surface area contributed by atoms with Gasteiger partial charge in [-0.15, -0.1) is 0 Å². The first-order valence-electron chi connectivity index (χ1n) is 4.03. The summed E-state index contributed by atoms with van der Waals surface area (Å²) in [4.78, 5) is 4.03. The third-order valence-electron chi connectivity index (χ3n) is 1.70. The predicted molar refractivity (Wildman–Crippen MR) is 42.3 cm³/mol. The van der Waals surface area contributed by atoms with Gasteiger partial charge in [-0.3, -0.25) is 0 Å². The van der Waals surface area contributed by atoms with Crippen LogP contribution in [0.4, 0.5) is 0 Å². The highest BCUT2D eigenvalue weighted by Crippen LogP contribution is 2.19. The van der Waals surface area contributed by atoms with E-state index in [0.29, 0.717) is 0 Å². The van der Waals surface area contributed by atoms with Crippen LogP contribution < -0.4 is 0 Å². The van der Waals surface area contributed by atoms with Gasteiger partial charge in [0.05, 0.1) is 25.1 Å². The lowest BCUT2D eigenvalue weighted by molar-refractivity contribution is -0.185. The molecule has 1 radical (unpaired) electrons. The molecule has 0 bridgehead atoms. The molecule has 1 aromatic heterocycles. The summed E-state index contributed by atoms with van der Waals surface area (Å²) in [5, 5.41) is 0. The molecule has 3 nitrogen and oxygen atoms in total. The van der Waals surface area contributed by atoms with Crippen LogP contribution in [0.15, 0.2) is 18.2 Å². The molecule has 0 aromatic carbocycles. The maximum Gasteiger partial charge on any atom is 0.201 e. The highest BCUT2D eigenvalue weighted by Gasteiger charge is 2.16. The summed E-state index contributed by atoms with van der Waals surface area (Å²) in [5.41, 5.74) is 0.803. The molecular formula is C9H10NO2. The van der Waals surface area contributed by atoms with Crippen molar-refractivity contribution in [3.63, 3.8) is 0 Å². The lowest BCUT2D eigenvalue weighted by atomic mass is 10.3. The quantitative estimate of drug-likeness (QED) is 0.627. The first kappa shape index (κ1) is 7.71. The van der Waals surface area contributed by atoms with Gasteiger partial charge < -0.3 is 9.47 Å². The van der Waals surface area contributed by atoms with E-state index in [2.05, 4.69) is 11.2 Å². The molecule has 12 heavy (non-hydrogen) atoms. The third-order valence-corrected chi connectivity index (χ3v) is 1.70. The van der Waals surface area contributed by atoms with Crippen LogP contribution in [0.5, 0.6) is 0 Å². The first-order valence-corrected chi connectivity index (χ1v) is 4.03. The number of rotatable bonds is 1. The maximum atomic E-state index is 5.36. The fourth-order valence-electron chi connectivity index (χ4n) is 1.13. The Labute approximate surface area is 71.3 Å². The molecule has 63 valence electrons. The van der Waals surface area contributed by atoms with Gasteiger partial charge in [0, 0.05) is 0 Å². The Bertz CT molecular complexity index is 232. The van der Waals surface area contributed by atoms with Gasteiger partial charge in [-0.05, 0) is 18.6 Å². The van der Waals surface area contributed by atoms with E-state index in [1.54, 1.807) is 6.07 Å². The number of pyridine rings is 1. The van der Waals surface area contributed by atoms with Crippen LogP contribution in [0.3, 0.4) is 0 Å². The molecule has 0 atom stereocenters. The summed E-state index contributed by atoms with van der Waals surface area (Å²) in [5.74, 6) is 0. The molecule has 0 aliphatic carbocycles. The summed E-state index contributed by atoms with van der Waals surface area (Å²) in [6, 6.07) is 5.52. The van der Waals surface area contributed by atoms with Crippen molar-refractivity contribution in [1.82, 2.24) is 4.98 Å². The normalized spacial score (nSPS) is 19.3. The van der Waals surface area contributed by atoms with Crippen molar-refractivity contribution in [2.45, 2.75) is 12.7 Å². The van der Waals surface area contributed by atoms with Crippen molar-refractivity contribution in [3.05, 3.63) is 30.1 Å². The topological polar surface area (TPSA) is 31.4 Å². The monoisotopic (exact) mass is 164 g/mol. The maximum absolute atomic E-state index is 5.36. The fourth-order valence-corrected chi connectivity index (χ4v) is 1.13. The molecule has 1 fully saturated rings. The van der Waals surface area contributed by atoms with Crippen LogP contribution in [-0.2, 0) is 9.47 Å². The number of nitrogens with zero attached hydrogens (tertiary/aromatic N) is 1. The zero-order valence-corrected chi connectivity index (χ0v) is 6.69. The smallest absolute Gasteiger partial charge is 0.201 e. The van der Waals surface area contributed by atoms with Gasteiger partial charge in [-0.25, -0.2) is 4.98 Å². The minimum atomic E-state index is -0.281. The van der Waals surface area contributed by atoms with E-state index in [9.17, 15) is 0 Å². The van der Waals surface area contributed by atoms with E-state index in [0.717, 1.165) is 25.3 Å². The van der Waals surface area contributed by atoms with Crippen molar-refractivity contribution in [2.24, 2.45) is 0 Å². The molecule has 1 aliphatic rings. The van der Waals surface area contributed by atoms with Gasteiger partial charge in [0.1, 0.15) is 0 Å². The van der Waals surface area contributed by atoms with Crippen molar-refractivity contribution in [1.29, 1.82) is 0 Å². The largest absolute Gasteiger partial charge is 0.347 e. The third kappa shape index (κ3) is 1.62. The zero-order valence-electron chi connectivity index (χ0n) is 6.69. The van der Waals surface area contributed by atoms with Crippen molar-refractivity contribution in [3.8, 4) is 0 Å². The molecule has 2 heterocycles. The molecule has 0 saturated carbocycles. The molecule has 0 unspecified atom stereocenters. The minimum absolute atomic E-state index is 0.281. The van der Waals surface area contributed by atoms with Gasteiger partial charge in [-0.2, -0.15) is 0 Å². The van der Waals surface area contributed by atoms with E-state index in [1.807, 2.05) is 12.1 Å². The summed E-state index contributed by atoms with van der Waals surface area (Å²) in [6.07, 6.45) is 3.43. The fraction of sp³-hybridized carbons (Fsp3) is 0.444. The highest BCUT2D eigenvalue weighted by atomic mass is 16.7. The average Bonchev–Trinajstić information content (AvgIpc) is 2.21. The Hall–Kier alpha value is -0.930. The molecular weight excluding hydrogens is 154 g/mol. The summed E-state index contributed by atoms with van der Waals surface area (Å²) < 4.78 is 10.7. The summed E-state index contributed by atoms with van der Waals surface area (Å²) in [6.45, 7) is 1.50. The van der Waals surface area contributed by atoms with Crippen LogP contribution in [-0.4, -0.2) is 18.2 Å². The number of hydrogen-bond acceptors (Lipinski definition) is 3. The second-order valence-corrected chi connectivity index (χ2v) is 2.62. The number of ether oxygens (including phenoxy) is 2. The van der Waals surface area contributed by atoms with Crippen molar-refractivity contribution >= 4 is 0 Å². The van der Waals surface area contributed by atoms with Gasteiger partial charge in [-0.1, -0.05) is 6.07 Å². The second-order valence-electron chi connectivity index (χ2n) is 2.62. The van der Waals surface area contributed by atoms with E-state index in [1.165, 1.54) is 0 Å². The van der Waals surface area contributed by atoms with E-state index in [4.69, 9.17) is 9.47 Å². The van der Waals surface area contributed by atoms with Gasteiger partial charge in [0.15, 0.2) is 0 Å². The predicted octanol–water partition coefficient (Wildman–Crippen LogP) is 1.32. The van der Waals surface area contributed by atoms with E-state index < -0.39 is 0 Å². The lowest BCUT2D eigenvalue weighted by Gasteiger charge is -2.22. The molecule has 0 spiro atoms. The van der Waals surface area contributed by atoms with Gasteiger partial charge in [0.2, 0.25) is 6.29 Å². The van der Waals surface area contributed by atoms with Crippen LogP contribution in [0.2, 0.25) is 0 Å². The molecule has 1 aliphatic heterocycles. The Morgan fingerprint density at radius 3 is 2.92 bits per heavy atom. The lowest BCUT2D eigenvalue weighted by Crippen LogP contribution is -2.18. The zero-order chi connectivity index (χ0) is 8.23. The van der Waals surface area contributed by atoms with Crippen LogP contribution in [0.1, 0.15) is 18.4 Å². The highest BCUT2D eigenvalue weighted by molar-refractivity contribution is 5.04. The molecule has 1 aromatic rings. The standard InChI is InChI=1S/C9H10NO2/c1-2-5-10-8(4-1)9-11-6-3-7-12-9/h1-2,4,9H,3,6-7H2. The second kappa shape index (κ2) is 3.65. The van der Waals surface area contributed by atoms with E-state index >= 15 is 0 Å². The van der Waals surface area contributed by atoms with Crippen molar-refractivity contribution in [2.75, 3.05) is 13.2 Å². The first-order chi connectivity index (χ1) is 5.97. The van der Waals surface area contributed by atoms with E-state index in [-0.39, 0.29) is 6.29 Å². The van der Waals surface area contributed by atoms with Crippen LogP contribution in [0, 0.1) is 6.20 Å². The number of hydrogen-bond donors (Lipinski definition) is 0.